The number of aryl methyl sites for hydroxylation is 1. The van der Waals surface area contributed by atoms with Gasteiger partial charge in [0.25, 0.3) is 5.91 Å². The summed E-state index contributed by atoms with van der Waals surface area (Å²) in [6, 6.07) is 7.86. The third kappa shape index (κ3) is 3.55. The normalized spacial score (nSPS) is 20.9. The van der Waals surface area contributed by atoms with E-state index in [-0.39, 0.29) is 24.7 Å². The summed E-state index contributed by atoms with van der Waals surface area (Å²) in [5.41, 5.74) is 4.88. The number of rotatable bonds is 5. The fraction of sp³-hybridized carbons (Fsp3) is 0.500. The molecule has 5 rings (SSSR count). The van der Waals surface area contributed by atoms with Gasteiger partial charge in [0.1, 0.15) is 17.7 Å². The number of aliphatic hydroxyl groups excluding tert-OH is 1. The van der Waals surface area contributed by atoms with Gasteiger partial charge in [-0.1, -0.05) is 13.0 Å². The number of pyridine rings is 1. The van der Waals surface area contributed by atoms with Crippen molar-refractivity contribution in [3.05, 3.63) is 52.2 Å². The van der Waals surface area contributed by atoms with Crippen LogP contribution in [0.5, 0.6) is 5.75 Å². The molecule has 31 heavy (non-hydrogen) atoms. The van der Waals surface area contributed by atoms with Crippen molar-refractivity contribution in [1.29, 1.82) is 0 Å². The monoisotopic (exact) mass is 423 g/mol. The van der Waals surface area contributed by atoms with Crippen LogP contribution in [-0.2, 0) is 24.4 Å². The lowest BCUT2D eigenvalue weighted by Crippen LogP contribution is -2.39. The Hall–Kier alpha value is -2.64. The van der Waals surface area contributed by atoms with E-state index < -0.39 is 0 Å². The number of nitrogens with zero attached hydrogens (tertiary/aromatic N) is 3. The number of carbonyl (C=O) groups is 1. The average Bonchev–Trinajstić information content (AvgIpc) is 3.35. The van der Waals surface area contributed by atoms with Crippen molar-refractivity contribution in [2.45, 2.75) is 51.5 Å². The molecule has 164 valence electrons. The van der Waals surface area contributed by atoms with Gasteiger partial charge in [0.15, 0.2) is 0 Å². The molecule has 3 aliphatic rings. The van der Waals surface area contributed by atoms with Gasteiger partial charge in [0.05, 0.1) is 37.1 Å². The van der Waals surface area contributed by atoms with Crippen LogP contribution in [0.15, 0.2) is 24.3 Å². The molecule has 3 aliphatic heterocycles. The van der Waals surface area contributed by atoms with Crippen molar-refractivity contribution in [3.8, 4) is 5.75 Å². The summed E-state index contributed by atoms with van der Waals surface area (Å²) in [6.45, 7) is 5.04. The summed E-state index contributed by atoms with van der Waals surface area (Å²) in [7, 11) is 1.73. The number of amides is 1. The van der Waals surface area contributed by atoms with Crippen LogP contribution in [0.2, 0.25) is 0 Å². The van der Waals surface area contributed by atoms with Gasteiger partial charge in [-0.25, -0.2) is 4.98 Å². The summed E-state index contributed by atoms with van der Waals surface area (Å²) in [5, 5.41) is 9.79. The van der Waals surface area contributed by atoms with Gasteiger partial charge >= 0.3 is 0 Å². The fourth-order valence-electron chi connectivity index (χ4n) is 4.84. The molecule has 1 saturated heterocycles. The minimum Gasteiger partial charge on any atom is -0.490 e. The maximum Gasteiger partial charge on any atom is 0.256 e. The molecule has 4 heterocycles. The molecule has 1 N–H and O–H groups in total. The number of likely N-dealkylation sites (N-methyl/N-ethyl adjacent to an activating group) is 1. The van der Waals surface area contributed by atoms with Crippen molar-refractivity contribution in [2.75, 3.05) is 31.6 Å². The Bertz CT molecular complexity index is 1000. The van der Waals surface area contributed by atoms with Crippen LogP contribution in [0.3, 0.4) is 0 Å². The molecule has 1 aromatic carbocycles. The van der Waals surface area contributed by atoms with Crippen LogP contribution >= 0.6 is 0 Å². The van der Waals surface area contributed by atoms with E-state index in [4.69, 9.17) is 14.5 Å². The molecule has 7 heteroatoms. The van der Waals surface area contributed by atoms with Gasteiger partial charge in [0.2, 0.25) is 0 Å². The lowest BCUT2D eigenvalue weighted by atomic mass is 10.0. The number of benzene rings is 1. The van der Waals surface area contributed by atoms with Gasteiger partial charge in [-0.2, -0.15) is 0 Å². The third-order valence-corrected chi connectivity index (χ3v) is 6.73. The van der Waals surface area contributed by atoms with Crippen LogP contribution in [0, 0.1) is 0 Å². The predicted molar refractivity (Wildman–Crippen MR) is 116 cm³/mol. The topological polar surface area (TPSA) is 75.1 Å². The first kappa shape index (κ1) is 20.3. The number of aliphatic hydroxyl groups is 1. The molecule has 1 amide bonds. The van der Waals surface area contributed by atoms with E-state index in [1.807, 2.05) is 12.1 Å². The Morgan fingerprint density at radius 1 is 1.19 bits per heavy atom. The smallest absolute Gasteiger partial charge is 0.256 e. The standard InChI is InChI=1S/C24H29N3O4/c1-3-15-11-20-22(21(12-28)26(2)24(20)29)25-23(15)27-8-6-18(7-9-27)31-19-5-4-16-13-30-14-17(16)10-19/h4-5,10-11,18,21,28H,3,6-9,12-14H2,1-2H3/t21-/m0/s1. The molecule has 0 aliphatic carbocycles. The molecule has 1 atom stereocenters. The van der Waals surface area contributed by atoms with Crippen LogP contribution in [0.1, 0.15) is 58.5 Å². The highest BCUT2D eigenvalue weighted by Crippen LogP contribution is 2.35. The molecule has 0 spiro atoms. The number of piperidine rings is 1. The lowest BCUT2D eigenvalue weighted by Gasteiger charge is -2.34. The molecule has 1 fully saturated rings. The highest BCUT2D eigenvalue weighted by atomic mass is 16.5. The Balaban J connectivity index is 1.30. The minimum atomic E-state index is -0.364. The number of aromatic nitrogens is 1. The van der Waals surface area contributed by atoms with E-state index in [1.165, 1.54) is 11.1 Å². The molecular weight excluding hydrogens is 394 g/mol. The second-order valence-corrected chi connectivity index (χ2v) is 8.60. The lowest BCUT2D eigenvalue weighted by molar-refractivity contribution is 0.0715. The van der Waals surface area contributed by atoms with Gasteiger partial charge in [0, 0.05) is 33.0 Å². The van der Waals surface area contributed by atoms with E-state index in [0.717, 1.165) is 49.5 Å². The molecule has 1 aromatic heterocycles. The number of anilines is 1. The van der Waals surface area contributed by atoms with E-state index >= 15 is 0 Å². The molecule has 0 bridgehead atoms. The first-order valence-corrected chi connectivity index (χ1v) is 11.1. The number of fused-ring (bicyclic) bond motifs is 2. The Labute approximate surface area is 182 Å². The number of ether oxygens (including phenoxy) is 2. The van der Waals surface area contributed by atoms with E-state index in [2.05, 4.69) is 24.0 Å². The summed E-state index contributed by atoms with van der Waals surface area (Å²) >= 11 is 0. The van der Waals surface area contributed by atoms with Crippen molar-refractivity contribution < 1.29 is 19.4 Å². The first-order valence-electron chi connectivity index (χ1n) is 11.1. The maximum absolute atomic E-state index is 12.5. The van der Waals surface area contributed by atoms with Gasteiger partial charge < -0.3 is 24.4 Å². The van der Waals surface area contributed by atoms with Crippen molar-refractivity contribution in [2.24, 2.45) is 0 Å². The quantitative estimate of drug-likeness (QED) is 0.797. The van der Waals surface area contributed by atoms with Crippen molar-refractivity contribution >= 4 is 11.7 Å². The van der Waals surface area contributed by atoms with Crippen LogP contribution in [0.25, 0.3) is 0 Å². The highest BCUT2D eigenvalue weighted by molar-refractivity contribution is 5.99. The molecule has 0 unspecified atom stereocenters. The Morgan fingerprint density at radius 2 is 1.97 bits per heavy atom. The summed E-state index contributed by atoms with van der Waals surface area (Å²) < 4.78 is 11.8. The van der Waals surface area contributed by atoms with Gasteiger partial charge in [-0.05, 0) is 41.3 Å². The summed E-state index contributed by atoms with van der Waals surface area (Å²) in [4.78, 5) is 21.3. The average molecular weight is 424 g/mol. The second-order valence-electron chi connectivity index (χ2n) is 8.60. The van der Waals surface area contributed by atoms with Crippen LogP contribution in [-0.4, -0.2) is 53.7 Å². The van der Waals surface area contributed by atoms with Crippen LogP contribution < -0.4 is 9.64 Å². The fourth-order valence-corrected chi connectivity index (χ4v) is 4.84. The summed E-state index contributed by atoms with van der Waals surface area (Å²) in [6.07, 6.45) is 2.81. The SMILES string of the molecule is CCc1cc2c(nc1N1CCC(Oc3ccc4c(c3)COC4)CC1)[C@H](CO)N(C)C2=O. The second kappa shape index (κ2) is 8.13. The Kier molecular flexibility index (Phi) is 5.32. The zero-order valence-corrected chi connectivity index (χ0v) is 18.1. The third-order valence-electron chi connectivity index (χ3n) is 6.73. The zero-order chi connectivity index (χ0) is 21.5. The molecule has 7 nitrogen and oxygen atoms in total. The molecule has 0 radical (unpaired) electrons. The molecular formula is C24H29N3O4. The molecule has 2 aromatic rings. The van der Waals surface area contributed by atoms with Gasteiger partial charge in [-0.15, -0.1) is 0 Å². The zero-order valence-electron chi connectivity index (χ0n) is 18.1. The van der Waals surface area contributed by atoms with E-state index in [9.17, 15) is 9.90 Å². The number of carbonyl (C=O) groups excluding carboxylic acids is 1. The molecule has 0 saturated carbocycles. The maximum atomic E-state index is 12.5. The van der Waals surface area contributed by atoms with E-state index in [1.54, 1.807) is 11.9 Å². The van der Waals surface area contributed by atoms with Crippen LogP contribution in [0.4, 0.5) is 5.82 Å². The number of hydrogen-bond acceptors (Lipinski definition) is 6. The largest absolute Gasteiger partial charge is 0.490 e. The van der Waals surface area contributed by atoms with Gasteiger partial charge in [-0.3, -0.25) is 4.79 Å². The predicted octanol–water partition coefficient (Wildman–Crippen LogP) is 2.84. The highest BCUT2D eigenvalue weighted by Gasteiger charge is 2.37. The van der Waals surface area contributed by atoms with E-state index in [0.29, 0.717) is 24.5 Å². The minimum absolute atomic E-state index is 0.0605. The van der Waals surface area contributed by atoms with Crippen molar-refractivity contribution in [3.63, 3.8) is 0 Å². The summed E-state index contributed by atoms with van der Waals surface area (Å²) in [5.74, 6) is 1.80. The first-order chi connectivity index (χ1) is 15.1. The number of hydrogen-bond donors (Lipinski definition) is 1. The Morgan fingerprint density at radius 3 is 2.71 bits per heavy atom. The van der Waals surface area contributed by atoms with Crippen molar-refractivity contribution in [1.82, 2.24) is 9.88 Å².